The molecule has 0 aliphatic carbocycles. The van der Waals surface area contributed by atoms with Crippen LogP contribution in [0.4, 0.5) is 0 Å². The fourth-order valence-corrected chi connectivity index (χ4v) is 1.81. The number of halogens is 1. The second-order valence-corrected chi connectivity index (χ2v) is 5.68. The molecule has 0 aliphatic rings. The van der Waals surface area contributed by atoms with Crippen LogP contribution >= 0.6 is 12.4 Å². The molecule has 2 rings (SSSR count). The lowest BCUT2D eigenvalue weighted by Gasteiger charge is -2.18. The molecule has 0 spiro atoms. The average molecular weight is 322 g/mol. The van der Waals surface area contributed by atoms with Gasteiger partial charge < -0.3 is 16.0 Å². The van der Waals surface area contributed by atoms with E-state index in [-0.39, 0.29) is 24.1 Å². The topological polar surface area (TPSA) is 88.0 Å². The Hall–Kier alpha value is -2.11. The fraction of sp³-hybridized carbons (Fsp3) is 0.250. The van der Waals surface area contributed by atoms with Crippen molar-refractivity contribution in [1.29, 1.82) is 0 Å². The van der Waals surface area contributed by atoms with E-state index in [1.807, 2.05) is 13.8 Å². The Bertz CT molecular complexity index is 628. The molecule has 0 bridgehead atoms. The number of nitrogens with two attached hydrogens (primary N) is 1. The average Bonchev–Trinajstić information content (AvgIpc) is 2.97. The first-order valence-electron chi connectivity index (χ1n) is 6.71. The van der Waals surface area contributed by atoms with E-state index in [1.54, 1.807) is 42.7 Å². The molecule has 2 aromatic rings. The minimum atomic E-state index is -0.458. The van der Waals surface area contributed by atoms with Crippen LogP contribution in [0.1, 0.15) is 40.1 Å². The highest BCUT2D eigenvalue weighted by atomic mass is 35.5. The maximum Gasteiger partial charge on any atom is 0.251 e. The van der Waals surface area contributed by atoms with Crippen LogP contribution < -0.4 is 11.1 Å². The molecule has 0 saturated carbocycles. The highest BCUT2D eigenvalue weighted by Gasteiger charge is 2.14. The van der Waals surface area contributed by atoms with Gasteiger partial charge in [-0.3, -0.25) is 9.59 Å². The molecule has 118 valence electrons. The molecule has 0 atom stereocenters. The molecule has 0 aliphatic heterocycles. The molecule has 1 heterocycles. The van der Waals surface area contributed by atoms with E-state index >= 15 is 0 Å². The van der Waals surface area contributed by atoms with Crippen molar-refractivity contribution in [1.82, 2.24) is 10.3 Å². The zero-order valence-corrected chi connectivity index (χ0v) is 13.4. The number of nitrogens with one attached hydrogen (secondary N) is 2. The van der Waals surface area contributed by atoms with Gasteiger partial charge in [-0.1, -0.05) is 12.1 Å². The SMILES string of the molecule is CC(C)(N)CNC(=O)c1ccc(C(=O)c2cc[nH]c2)cc1.Cl. The fourth-order valence-electron chi connectivity index (χ4n) is 1.81. The predicted octanol–water partition coefficient (Wildman–Crippen LogP) is 2.13. The second kappa shape index (κ2) is 7.24. The van der Waals surface area contributed by atoms with Gasteiger partial charge in [0.05, 0.1) is 0 Å². The molecule has 22 heavy (non-hydrogen) atoms. The molecule has 0 radical (unpaired) electrons. The van der Waals surface area contributed by atoms with Crippen LogP contribution in [0.25, 0.3) is 0 Å². The monoisotopic (exact) mass is 321 g/mol. The van der Waals surface area contributed by atoms with Gasteiger partial charge in [0.2, 0.25) is 0 Å². The van der Waals surface area contributed by atoms with Gasteiger partial charge in [-0.15, -0.1) is 12.4 Å². The number of aromatic amines is 1. The van der Waals surface area contributed by atoms with Crippen molar-refractivity contribution in [3.8, 4) is 0 Å². The van der Waals surface area contributed by atoms with E-state index in [0.29, 0.717) is 23.2 Å². The number of aromatic nitrogens is 1. The molecular weight excluding hydrogens is 302 g/mol. The number of rotatable bonds is 5. The minimum absolute atomic E-state index is 0. The van der Waals surface area contributed by atoms with Gasteiger partial charge in [0.1, 0.15) is 0 Å². The van der Waals surface area contributed by atoms with Crippen molar-refractivity contribution in [2.24, 2.45) is 5.73 Å². The summed E-state index contributed by atoms with van der Waals surface area (Å²) in [6.45, 7) is 4.06. The highest BCUT2D eigenvalue weighted by molar-refractivity contribution is 6.09. The van der Waals surface area contributed by atoms with Gasteiger partial charge in [0.25, 0.3) is 5.91 Å². The van der Waals surface area contributed by atoms with E-state index in [1.165, 1.54) is 0 Å². The van der Waals surface area contributed by atoms with Crippen LogP contribution in [0.5, 0.6) is 0 Å². The van der Waals surface area contributed by atoms with Gasteiger partial charge in [0.15, 0.2) is 5.78 Å². The minimum Gasteiger partial charge on any atom is -0.367 e. The third-order valence-corrected chi connectivity index (χ3v) is 2.97. The van der Waals surface area contributed by atoms with Crippen LogP contribution in [0.15, 0.2) is 42.7 Å². The largest absolute Gasteiger partial charge is 0.367 e. The maximum atomic E-state index is 12.1. The lowest BCUT2D eigenvalue weighted by Crippen LogP contribution is -2.45. The van der Waals surface area contributed by atoms with Crippen LogP contribution in [0, 0.1) is 0 Å². The van der Waals surface area contributed by atoms with Crippen molar-refractivity contribution in [2.45, 2.75) is 19.4 Å². The van der Waals surface area contributed by atoms with Crippen LogP contribution in [0.2, 0.25) is 0 Å². The third kappa shape index (κ3) is 4.72. The lowest BCUT2D eigenvalue weighted by atomic mass is 10.0. The first-order valence-corrected chi connectivity index (χ1v) is 6.71. The summed E-state index contributed by atoms with van der Waals surface area (Å²) in [7, 11) is 0. The maximum absolute atomic E-state index is 12.1. The Morgan fingerprint density at radius 1 is 1.09 bits per heavy atom. The molecule has 1 aromatic heterocycles. The van der Waals surface area contributed by atoms with Gasteiger partial charge in [-0.25, -0.2) is 0 Å². The Morgan fingerprint density at radius 3 is 2.18 bits per heavy atom. The highest BCUT2D eigenvalue weighted by Crippen LogP contribution is 2.11. The van der Waals surface area contributed by atoms with Crippen LogP contribution in [-0.2, 0) is 0 Å². The normalized spacial score (nSPS) is 10.7. The van der Waals surface area contributed by atoms with Crippen molar-refractivity contribution >= 4 is 24.1 Å². The summed E-state index contributed by atoms with van der Waals surface area (Å²) in [6.07, 6.45) is 3.34. The third-order valence-electron chi connectivity index (χ3n) is 2.97. The smallest absolute Gasteiger partial charge is 0.251 e. The molecule has 0 saturated heterocycles. The summed E-state index contributed by atoms with van der Waals surface area (Å²) in [4.78, 5) is 26.9. The van der Waals surface area contributed by atoms with Gasteiger partial charge >= 0.3 is 0 Å². The number of benzene rings is 1. The Balaban J connectivity index is 0.00000242. The van der Waals surface area contributed by atoms with E-state index in [0.717, 1.165) is 0 Å². The van der Waals surface area contributed by atoms with Gasteiger partial charge in [0, 0.05) is 41.2 Å². The summed E-state index contributed by atoms with van der Waals surface area (Å²) in [5.41, 5.74) is 7.00. The predicted molar refractivity (Wildman–Crippen MR) is 88.5 cm³/mol. The standard InChI is InChI=1S/C16H19N3O2.ClH/c1-16(2,17)10-19-15(21)12-5-3-11(4-6-12)14(20)13-7-8-18-9-13;/h3-9,18H,10,17H2,1-2H3,(H,19,21);1H. The molecule has 1 aromatic carbocycles. The van der Waals surface area contributed by atoms with Gasteiger partial charge in [-0.05, 0) is 32.0 Å². The number of hydrogen-bond acceptors (Lipinski definition) is 3. The molecular formula is C16H20ClN3O2. The quantitative estimate of drug-likeness (QED) is 0.737. The van der Waals surface area contributed by atoms with Crippen molar-refractivity contribution < 1.29 is 9.59 Å². The number of H-pyrrole nitrogens is 1. The van der Waals surface area contributed by atoms with Crippen molar-refractivity contribution in [3.63, 3.8) is 0 Å². The summed E-state index contributed by atoms with van der Waals surface area (Å²) in [6, 6.07) is 8.29. The lowest BCUT2D eigenvalue weighted by molar-refractivity contribution is 0.0944. The van der Waals surface area contributed by atoms with Crippen molar-refractivity contribution in [3.05, 3.63) is 59.4 Å². The second-order valence-electron chi connectivity index (χ2n) is 5.68. The number of hydrogen-bond donors (Lipinski definition) is 3. The summed E-state index contributed by atoms with van der Waals surface area (Å²) in [5, 5.41) is 2.76. The molecule has 6 heteroatoms. The number of ketones is 1. The number of amides is 1. The first kappa shape index (κ1) is 17.9. The first-order chi connectivity index (χ1) is 9.87. The number of carbonyl (C=O) groups is 2. The summed E-state index contributed by atoms with van der Waals surface area (Å²) in [5.74, 6) is -0.277. The molecule has 5 nitrogen and oxygen atoms in total. The van der Waals surface area contributed by atoms with E-state index in [2.05, 4.69) is 10.3 Å². The zero-order valence-electron chi connectivity index (χ0n) is 12.6. The summed E-state index contributed by atoms with van der Waals surface area (Å²) >= 11 is 0. The van der Waals surface area contributed by atoms with Gasteiger partial charge in [-0.2, -0.15) is 0 Å². The molecule has 1 amide bonds. The zero-order chi connectivity index (χ0) is 15.5. The van der Waals surface area contributed by atoms with E-state index in [9.17, 15) is 9.59 Å². The Labute approximate surface area is 135 Å². The summed E-state index contributed by atoms with van der Waals surface area (Å²) < 4.78 is 0. The molecule has 0 fully saturated rings. The molecule has 4 N–H and O–H groups in total. The van der Waals surface area contributed by atoms with Crippen LogP contribution in [-0.4, -0.2) is 28.8 Å². The van der Waals surface area contributed by atoms with E-state index < -0.39 is 5.54 Å². The van der Waals surface area contributed by atoms with E-state index in [4.69, 9.17) is 5.73 Å². The molecule has 0 unspecified atom stereocenters. The Morgan fingerprint density at radius 2 is 1.68 bits per heavy atom. The number of carbonyl (C=O) groups excluding carboxylic acids is 2. The van der Waals surface area contributed by atoms with Crippen molar-refractivity contribution in [2.75, 3.05) is 6.54 Å². The Kier molecular flexibility index (Phi) is 5.91. The van der Waals surface area contributed by atoms with Crippen LogP contribution in [0.3, 0.4) is 0 Å².